The zero-order valence-corrected chi connectivity index (χ0v) is 14.0. The van der Waals surface area contributed by atoms with Crippen molar-refractivity contribution in [1.29, 1.82) is 0 Å². The van der Waals surface area contributed by atoms with E-state index in [1.54, 1.807) is 18.2 Å². The summed E-state index contributed by atoms with van der Waals surface area (Å²) in [6, 6.07) is 12.6. The summed E-state index contributed by atoms with van der Waals surface area (Å²) in [5.41, 5.74) is 2.12. The minimum atomic E-state index is -0.577. The Morgan fingerprint density at radius 1 is 1.21 bits per heavy atom. The van der Waals surface area contributed by atoms with E-state index in [-0.39, 0.29) is 11.8 Å². The first-order chi connectivity index (χ1) is 11.4. The second-order valence-corrected chi connectivity index (χ2v) is 6.22. The molecule has 2 N–H and O–H groups in total. The monoisotopic (exact) mass is 324 g/mol. The van der Waals surface area contributed by atoms with Gasteiger partial charge in [0.05, 0.1) is 17.7 Å². The average Bonchev–Trinajstić information content (AvgIpc) is 2.78. The van der Waals surface area contributed by atoms with E-state index in [0.717, 1.165) is 5.56 Å². The normalized spacial score (nSPS) is 14.7. The van der Waals surface area contributed by atoms with Gasteiger partial charge >= 0.3 is 0 Å². The molecule has 0 saturated heterocycles. The first-order valence-corrected chi connectivity index (χ1v) is 7.92. The molecule has 0 bridgehead atoms. The number of para-hydroxylation sites is 2. The van der Waals surface area contributed by atoms with Crippen LogP contribution in [0.5, 0.6) is 5.75 Å². The van der Waals surface area contributed by atoms with Gasteiger partial charge < -0.3 is 15.4 Å². The predicted octanol–water partition coefficient (Wildman–Crippen LogP) is 3.57. The van der Waals surface area contributed by atoms with Gasteiger partial charge in [0.2, 0.25) is 5.91 Å². The number of rotatable bonds is 4. The van der Waals surface area contributed by atoms with Crippen LogP contribution in [0.3, 0.4) is 0 Å². The van der Waals surface area contributed by atoms with Gasteiger partial charge in [-0.1, -0.05) is 18.2 Å². The van der Waals surface area contributed by atoms with Gasteiger partial charge in [-0.2, -0.15) is 0 Å². The number of amides is 2. The highest BCUT2D eigenvalue weighted by atomic mass is 16.5. The summed E-state index contributed by atoms with van der Waals surface area (Å²) in [5, 5.41) is 5.69. The van der Waals surface area contributed by atoms with Gasteiger partial charge in [-0.15, -0.1) is 0 Å². The number of hydrogen-bond donors (Lipinski definition) is 2. The fourth-order valence-electron chi connectivity index (χ4n) is 2.78. The lowest BCUT2D eigenvalue weighted by molar-refractivity contribution is -0.119. The van der Waals surface area contributed by atoms with Gasteiger partial charge in [0.25, 0.3) is 5.91 Å². The Bertz CT molecular complexity index is 812. The van der Waals surface area contributed by atoms with Crippen molar-refractivity contribution >= 4 is 23.2 Å². The van der Waals surface area contributed by atoms with Crippen LogP contribution in [0.15, 0.2) is 42.5 Å². The van der Waals surface area contributed by atoms with Gasteiger partial charge in [-0.25, -0.2) is 0 Å². The Hall–Kier alpha value is -2.82. The number of nitrogens with one attached hydrogen (secondary N) is 2. The molecule has 1 aliphatic rings. The van der Waals surface area contributed by atoms with Crippen molar-refractivity contribution in [2.45, 2.75) is 26.2 Å². The SMILES string of the molecule is CCOc1ccccc1NC(=O)c1ccc2c(c1)NC(=O)C2(C)C. The van der Waals surface area contributed by atoms with E-state index in [1.165, 1.54) is 0 Å². The Kier molecular flexibility index (Phi) is 4.01. The van der Waals surface area contributed by atoms with Crippen LogP contribution in [-0.2, 0) is 10.2 Å². The molecule has 0 radical (unpaired) electrons. The Morgan fingerprint density at radius 3 is 2.71 bits per heavy atom. The van der Waals surface area contributed by atoms with E-state index in [9.17, 15) is 9.59 Å². The topological polar surface area (TPSA) is 67.4 Å². The van der Waals surface area contributed by atoms with Crippen LogP contribution in [0.25, 0.3) is 0 Å². The van der Waals surface area contributed by atoms with Crippen LogP contribution in [0.4, 0.5) is 11.4 Å². The minimum absolute atomic E-state index is 0.0586. The highest BCUT2D eigenvalue weighted by Crippen LogP contribution is 2.37. The van der Waals surface area contributed by atoms with Crippen LogP contribution in [-0.4, -0.2) is 18.4 Å². The van der Waals surface area contributed by atoms with E-state index < -0.39 is 5.41 Å². The summed E-state index contributed by atoms with van der Waals surface area (Å²) in [4.78, 5) is 24.5. The number of fused-ring (bicyclic) bond motifs is 1. The number of ether oxygens (including phenoxy) is 1. The predicted molar refractivity (Wildman–Crippen MR) is 93.7 cm³/mol. The molecular weight excluding hydrogens is 304 g/mol. The third-order valence-corrected chi connectivity index (χ3v) is 4.21. The highest BCUT2D eigenvalue weighted by molar-refractivity contribution is 6.09. The number of carbonyl (C=O) groups excluding carboxylic acids is 2. The number of benzene rings is 2. The molecule has 3 rings (SSSR count). The third kappa shape index (κ3) is 2.73. The molecule has 0 spiro atoms. The Labute approximate surface area is 141 Å². The quantitative estimate of drug-likeness (QED) is 0.903. The van der Waals surface area contributed by atoms with E-state index >= 15 is 0 Å². The van der Waals surface area contributed by atoms with E-state index in [1.807, 2.05) is 45.0 Å². The summed E-state index contributed by atoms with van der Waals surface area (Å²) in [5.74, 6) is 0.324. The molecule has 1 heterocycles. The van der Waals surface area contributed by atoms with Crippen molar-refractivity contribution < 1.29 is 14.3 Å². The van der Waals surface area contributed by atoms with Crippen LogP contribution in [0.2, 0.25) is 0 Å². The largest absolute Gasteiger partial charge is 0.492 e. The lowest BCUT2D eigenvalue weighted by Crippen LogP contribution is -2.26. The molecule has 0 saturated carbocycles. The van der Waals surface area contributed by atoms with E-state index in [0.29, 0.717) is 29.3 Å². The average molecular weight is 324 g/mol. The first kappa shape index (κ1) is 16.1. The summed E-state index contributed by atoms with van der Waals surface area (Å²) in [7, 11) is 0. The van der Waals surface area contributed by atoms with Gasteiger partial charge in [0.15, 0.2) is 0 Å². The maximum atomic E-state index is 12.5. The number of anilines is 2. The molecule has 0 unspecified atom stereocenters. The molecule has 0 aliphatic carbocycles. The van der Waals surface area contributed by atoms with Crippen LogP contribution in [0.1, 0.15) is 36.7 Å². The highest BCUT2D eigenvalue weighted by Gasteiger charge is 2.38. The standard InChI is InChI=1S/C19H20N2O3/c1-4-24-16-8-6-5-7-14(16)20-17(22)12-9-10-13-15(11-12)21-18(23)19(13,2)3/h5-11H,4H2,1-3H3,(H,20,22)(H,21,23). The first-order valence-electron chi connectivity index (χ1n) is 7.92. The fourth-order valence-corrected chi connectivity index (χ4v) is 2.78. The molecular formula is C19H20N2O3. The zero-order valence-electron chi connectivity index (χ0n) is 14.0. The molecule has 24 heavy (non-hydrogen) atoms. The Morgan fingerprint density at radius 2 is 1.96 bits per heavy atom. The smallest absolute Gasteiger partial charge is 0.255 e. The van der Waals surface area contributed by atoms with Gasteiger partial charge in [-0.3, -0.25) is 9.59 Å². The lowest BCUT2D eigenvalue weighted by atomic mass is 9.86. The Balaban J connectivity index is 1.85. The maximum absolute atomic E-state index is 12.5. The second kappa shape index (κ2) is 6.00. The molecule has 0 fully saturated rings. The molecule has 1 aliphatic heterocycles. The summed E-state index contributed by atoms with van der Waals surface area (Å²) >= 11 is 0. The molecule has 5 heteroatoms. The molecule has 124 valence electrons. The third-order valence-electron chi connectivity index (χ3n) is 4.21. The van der Waals surface area contributed by atoms with E-state index in [2.05, 4.69) is 10.6 Å². The van der Waals surface area contributed by atoms with Gasteiger partial charge in [0, 0.05) is 11.3 Å². The molecule has 0 aromatic heterocycles. The summed E-state index contributed by atoms with van der Waals surface area (Å²) < 4.78 is 5.52. The molecule has 0 atom stereocenters. The van der Waals surface area contributed by atoms with Crippen molar-refractivity contribution in [3.05, 3.63) is 53.6 Å². The van der Waals surface area contributed by atoms with Crippen LogP contribution in [0, 0.1) is 0 Å². The van der Waals surface area contributed by atoms with E-state index in [4.69, 9.17) is 4.74 Å². The lowest BCUT2D eigenvalue weighted by Gasteiger charge is -2.15. The fraction of sp³-hybridized carbons (Fsp3) is 0.263. The minimum Gasteiger partial charge on any atom is -0.492 e. The molecule has 2 aromatic rings. The maximum Gasteiger partial charge on any atom is 0.255 e. The molecule has 5 nitrogen and oxygen atoms in total. The molecule has 2 aromatic carbocycles. The van der Waals surface area contributed by atoms with Crippen molar-refractivity contribution in [3.8, 4) is 5.75 Å². The number of hydrogen-bond acceptors (Lipinski definition) is 3. The summed E-state index contributed by atoms with van der Waals surface area (Å²) in [6.07, 6.45) is 0. The van der Waals surface area contributed by atoms with Gasteiger partial charge in [-0.05, 0) is 50.6 Å². The van der Waals surface area contributed by atoms with Crippen LogP contribution < -0.4 is 15.4 Å². The zero-order chi connectivity index (χ0) is 17.3. The summed E-state index contributed by atoms with van der Waals surface area (Å²) in [6.45, 7) is 6.15. The van der Waals surface area contributed by atoms with Crippen molar-refractivity contribution in [2.24, 2.45) is 0 Å². The molecule has 2 amide bonds. The van der Waals surface area contributed by atoms with Gasteiger partial charge in [0.1, 0.15) is 5.75 Å². The number of carbonyl (C=O) groups is 2. The second-order valence-electron chi connectivity index (χ2n) is 6.22. The van der Waals surface area contributed by atoms with Crippen molar-refractivity contribution in [1.82, 2.24) is 0 Å². The van der Waals surface area contributed by atoms with Crippen LogP contribution >= 0.6 is 0 Å². The van der Waals surface area contributed by atoms with Crippen molar-refractivity contribution in [2.75, 3.05) is 17.2 Å². The van der Waals surface area contributed by atoms with Crippen molar-refractivity contribution in [3.63, 3.8) is 0 Å².